The summed E-state index contributed by atoms with van der Waals surface area (Å²) >= 11 is 0. The summed E-state index contributed by atoms with van der Waals surface area (Å²) in [7, 11) is 1.86. The molecule has 0 saturated carbocycles. The highest BCUT2D eigenvalue weighted by Crippen LogP contribution is 2.09. The second-order valence-corrected chi connectivity index (χ2v) is 4.37. The van der Waals surface area contributed by atoms with Gasteiger partial charge in [-0.25, -0.2) is 4.99 Å². The van der Waals surface area contributed by atoms with E-state index in [1.807, 2.05) is 37.4 Å². The molecule has 2 N–H and O–H groups in total. The van der Waals surface area contributed by atoms with Crippen LogP contribution >= 0.6 is 0 Å². The molecule has 1 aromatic carbocycles. The lowest BCUT2D eigenvalue weighted by Gasteiger charge is -2.16. The summed E-state index contributed by atoms with van der Waals surface area (Å²) in [4.78, 5) is 4.52. The molecule has 0 aromatic heterocycles. The van der Waals surface area contributed by atoms with Gasteiger partial charge in [0.25, 0.3) is 0 Å². The first kappa shape index (κ1) is 11.6. The Morgan fingerprint density at radius 3 is 2.20 bits per heavy atom. The van der Waals surface area contributed by atoms with Crippen molar-refractivity contribution in [2.75, 3.05) is 12.4 Å². The van der Waals surface area contributed by atoms with Gasteiger partial charge in [-0.1, -0.05) is 18.2 Å². The summed E-state index contributed by atoms with van der Waals surface area (Å²) in [5, 5.41) is 6.27. The molecule has 0 unspecified atom stereocenters. The second kappa shape index (κ2) is 4.82. The first-order valence-corrected chi connectivity index (χ1v) is 5.11. The number of para-hydroxylation sites is 1. The third-order valence-corrected chi connectivity index (χ3v) is 1.72. The summed E-state index contributed by atoms with van der Waals surface area (Å²) in [6.07, 6.45) is 0. The Morgan fingerprint density at radius 1 is 1.13 bits per heavy atom. The quantitative estimate of drug-likeness (QED) is 0.546. The number of rotatable bonds is 1. The lowest BCUT2D eigenvalue weighted by molar-refractivity contribution is 0.580. The van der Waals surface area contributed by atoms with E-state index < -0.39 is 0 Å². The van der Waals surface area contributed by atoms with E-state index in [0.29, 0.717) is 0 Å². The number of hydrogen-bond acceptors (Lipinski definition) is 1. The molecule has 82 valence electrons. The molecule has 1 aromatic rings. The molecule has 0 saturated heterocycles. The highest BCUT2D eigenvalue weighted by atomic mass is 15.2. The predicted octanol–water partition coefficient (Wildman–Crippen LogP) is 2.47. The molecule has 3 nitrogen and oxygen atoms in total. The van der Waals surface area contributed by atoms with Gasteiger partial charge in [-0.05, 0) is 32.9 Å². The van der Waals surface area contributed by atoms with E-state index in [0.717, 1.165) is 11.6 Å². The van der Waals surface area contributed by atoms with Crippen molar-refractivity contribution < 1.29 is 0 Å². The van der Waals surface area contributed by atoms with E-state index in [4.69, 9.17) is 0 Å². The van der Waals surface area contributed by atoms with Crippen molar-refractivity contribution in [2.45, 2.75) is 26.3 Å². The average molecular weight is 205 g/mol. The van der Waals surface area contributed by atoms with E-state index in [1.165, 1.54) is 0 Å². The topological polar surface area (TPSA) is 36.4 Å². The highest BCUT2D eigenvalue weighted by Gasteiger charge is 2.08. The molecule has 0 aliphatic rings. The molecule has 0 aliphatic heterocycles. The summed E-state index contributed by atoms with van der Waals surface area (Å²) < 4.78 is 0. The van der Waals surface area contributed by atoms with Crippen LogP contribution in [0, 0.1) is 0 Å². The smallest absolute Gasteiger partial charge is 0.196 e. The summed E-state index contributed by atoms with van der Waals surface area (Å²) in [5.74, 6) is 0.786. The third-order valence-electron chi connectivity index (χ3n) is 1.72. The Kier molecular flexibility index (Phi) is 3.72. The van der Waals surface area contributed by atoms with Gasteiger partial charge in [-0.15, -0.1) is 0 Å². The molecule has 1 rings (SSSR count). The zero-order valence-corrected chi connectivity index (χ0v) is 9.83. The van der Waals surface area contributed by atoms with Gasteiger partial charge in [0.15, 0.2) is 5.96 Å². The van der Waals surface area contributed by atoms with Gasteiger partial charge in [0.05, 0.1) is 5.54 Å². The number of aliphatic imine (C=N–C) groups is 1. The first-order chi connectivity index (χ1) is 7.01. The van der Waals surface area contributed by atoms with Gasteiger partial charge in [0.2, 0.25) is 0 Å². The van der Waals surface area contributed by atoms with Crippen LogP contribution in [0.25, 0.3) is 0 Å². The fourth-order valence-electron chi connectivity index (χ4n) is 1.14. The Hall–Kier alpha value is -1.51. The van der Waals surface area contributed by atoms with Crippen molar-refractivity contribution >= 4 is 11.6 Å². The first-order valence-electron chi connectivity index (χ1n) is 5.11. The largest absolute Gasteiger partial charge is 0.359 e. The van der Waals surface area contributed by atoms with Crippen LogP contribution in [0.3, 0.4) is 0 Å². The standard InChI is InChI=1S/C12H19N3/c1-12(2,3)15-11(13-4)14-10-8-6-5-7-9-10/h5-9H,1-4H3,(H2,13,14,15). The van der Waals surface area contributed by atoms with Gasteiger partial charge in [0.1, 0.15) is 0 Å². The molecule has 0 bridgehead atoms. The van der Waals surface area contributed by atoms with E-state index in [-0.39, 0.29) is 5.54 Å². The number of nitrogens with one attached hydrogen (secondary N) is 2. The van der Waals surface area contributed by atoms with Gasteiger partial charge >= 0.3 is 0 Å². The van der Waals surface area contributed by atoms with Crippen LogP contribution in [-0.2, 0) is 0 Å². The van der Waals surface area contributed by atoms with Crippen molar-refractivity contribution in [1.82, 2.24) is 5.32 Å². The SMILES string of the molecule is CN/C(=N\C(C)(C)C)Nc1ccccc1. The van der Waals surface area contributed by atoms with Crippen LogP contribution in [-0.4, -0.2) is 18.5 Å². The van der Waals surface area contributed by atoms with Crippen molar-refractivity contribution in [1.29, 1.82) is 0 Å². The van der Waals surface area contributed by atoms with Crippen LogP contribution in [0.1, 0.15) is 20.8 Å². The molecule has 0 radical (unpaired) electrons. The zero-order chi connectivity index (χ0) is 11.3. The third kappa shape index (κ3) is 4.49. The van der Waals surface area contributed by atoms with Gasteiger partial charge in [0, 0.05) is 12.7 Å². The fourth-order valence-corrected chi connectivity index (χ4v) is 1.14. The van der Waals surface area contributed by atoms with E-state index in [1.54, 1.807) is 0 Å². The summed E-state index contributed by atoms with van der Waals surface area (Å²) in [5.41, 5.74) is 0.954. The van der Waals surface area contributed by atoms with Crippen LogP contribution in [0.2, 0.25) is 0 Å². The second-order valence-electron chi connectivity index (χ2n) is 4.37. The Morgan fingerprint density at radius 2 is 1.73 bits per heavy atom. The monoisotopic (exact) mass is 205 g/mol. The van der Waals surface area contributed by atoms with Gasteiger partial charge in [-0.2, -0.15) is 0 Å². The van der Waals surface area contributed by atoms with Crippen molar-refractivity contribution in [3.8, 4) is 0 Å². The van der Waals surface area contributed by atoms with Crippen LogP contribution in [0.4, 0.5) is 5.69 Å². The lowest BCUT2D eigenvalue weighted by Crippen LogP contribution is -2.30. The predicted molar refractivity (Wildman–Crippen MR) is 66.3 cm³/mol. The molecule has 0 aliphatic carbocycles. The number of guanidine groups is 1. The molecular weight excluding hydrogens is 186 g/mol. The van der Waals surface area contributed by atoms with Gasteiger partial charge in [-0.3, -0.25) is 0 Å². The number of benzene rings is 1. The van der Waals surface area contributed by atoms with Gasteiger partial charge < -0.3 is 10.6 Å². The molecule has 3 heteroatoms. The maximum atomic E-state index is 4.52. The highest BCUT2D eigenvalue weighted by molar-refractivity contribution is 5.93. The number of nitrogens with zero attached hydrogens (tertiary/aromatic N) is 1. The Bertz CT molecular complexity index is 322. The molecule has 15 heavy (non-hydrogen) atoms. The number of hydrogen-bond donors (Lipinski definition) is 2. The maximum Gasteiger partial charge on any atom is 0.196 e. The minimum Gasteiger partial charge on any atom is -0.359 e. The van der Waals surface area contributed by atoms with Crippen LogP contribution in [0.15, 0.2) is 35.3 Å². The Labute approximate surface area is 91.6 Å². The summed E-state index contributed by atoms with van der Waals surface area (Å²) in [6, 6.07) is 10.00. The van der Waals surface area contributed by atoms with Crippen LogP contribution in [0.5, 0.6) is 0 Å². The zero-order valence-electron chi connectivity index (χ0n) is 9.83. The lowest BCUT2D eigenvalue weighted by atomic mass is 10.1. The minimum absolute atomic E-state index is 0.0832. The van der Waals surface area contributed by atoms with E-state index >= 15 is 0 Å². The molecule has 0 atom stereocenters. The fraction of sp³-hybridized carbons (Fsp3) is 0.417. The van der Waals surface area contributed by atoms with E-state index in [9.17, 15) is 0 Å². The molecule has 0 fully saturated rings. The molecular formula is C12H19N3. The van der Waals surface area contributed by atoms with E-state index in [2.05, 4.69) is 36.4 Å². The minimum atomic E-state index is -0.0832. The maximum absolute atomic E-state index is 4.52. The normalized spacial score (nSPS) is 12.4. The summed E-state index contributed by atoms with van der Waals surface area (Å²) in [6.45, 7) is 6.20. The number of anilines is 1. The Balaban J connectivity index is 2.75. The molecule has 0 spiro atoms. The van der Waals surface area contributed by atoms with Crippen LogP contribution < -0.4 is 10.6 Å². The van der Waals surface area contributed by atoms with Crippen molar-refractivity contribution in [3.05, 3.63) is 30.3 Å². The van der Waals surface area contributed by atoms with Crippen molar-refractivity contribution in [3.63, 3.8) is 0 Å². The molecule has 0 heterocycles. The van der Waals surface area contributed by atoms with Crippen molar-refractivity contribution in [2.24, 2.45) is 4.99 Å². The molecule has 0 amide bonds. The average Bonchev–Trinajstić information content (AvgIpc) is 2.16.